The number of para-hydroxylation sites is 1. The standard InChI is InChI=1S/C28H28N2O4S/c1-32-17-9-16-30-27(31)26(35-28(30)29-23-12-7-4-8-13-23)19-22-14-15-24(25(18-22)33-2)34-20-21-10-5-3-6-11-21/h3-8,10-15,18-19H,9,16-17,20H2,1-2H3/b26-19-,29-28?. The average Bonchev–Trinajstić information content (AvgIpc) is 3.18. The molecule has 1 heterocycles. The molecule has 0 spiro atoms. The van der Waals surface area contributed by atoms with Crippen LogP contribution in [0.5, 0.6) is 11.5 Å². The zero-order valence-electron chi connectivity index (χ0n) is 19.8. The van der Waals surface area contributed by atoms with Crippen LogP contribution in [0.4, 0.5) is 5.69 Å². The Kier molecular flexibility index (Phi) is 8.59. The van der Waals surface area contributed by atoms with Gasteiger partial charge in [-0.25, -0.2) is 4.99 Å². The van der Waals surface area contributed by atoms with Gasteiger partial charge in [-0.05, 0) is 59.7 Å². The lowest BCUT2D eigenvalue weighted by molar-refractivity contribution is -0.122. The molecule has 180 valence electrons. The molecular weight excluding hydrogens is 460 g/mol. The summed E-state index contributed by atoms with van der Waals surface area (Å²) >= 11 is 1.37. The largest absolute Gasteiger partial charge is 0.493 e. The molecule has 0 radical (unpaired) electrons. The van der Waals surface area contributed by atoms with Gasteiger partial charge in [-0.2, -0.15) is 0 Å². The summed E-state index contributed by atoms with van der Waals surface area (Å²) in [6.07, 6.45) is 2.60. The zero-order chi connectivity index (χ0) is 24.5. The Morgan fingerprint density at radius 3 is 2.40 bits per heavy atom. The number of ether oxygens (including phenoxy) is 3. The van der Waals surface area contributed by atoms with Crippen molar-refractivity contribution in [1.29, 1.82) is 0 Å². The second-order valence-corrected chi connectivity index (χ2v) is 8.84. The number of carbonyl (C=O) groups is 1. The van der Waals surface area contributed by atoms with Crippen LogP contribution in [0.15, 0.2) is 88.8 Å². The maximum absolute atomic E-state index is 13.2. The van der Waals surface area contributed by atoms with Crippen molar-refractivity contribution in [2.24, 2.45) is 4.99 Å². The van der Waals surface area contributed by atoms with Gasteiger partial charge in [-0.15, -0.1) is 0 Å². The van der Waals surface area contributed by atoms with Crippen LogP contribution in [0.2, 0.25) is 0 Å². The number of benzene rings is 3. The van der Waals surface area contributed by atoms with Gasteiger partial charge in [-0.3, -0.25) is 9.69 Å². The number of rotatable bonds is 10. The molecule has 4 rings (SSSR count). The van der Waals surface area contributed by atoms with Gasteiger partial charge in [0.2, 0.25) is 0 Å². The number of aliphatic imine (C=N–C) groups is 1. The molecule has 0 aliphatic carbocycles. The predicted molar refractivity (Wildman–Crippen MR) is 141 cm³/mol. The lowest BCUT2D eigenvalue weighted by Crippen LogP contribution is -2.30. The van der Waals surface area contributed by atoms with Gasteiger partial charge in [0, 0.05) is 20.3 Å². The highest BCUT2D eigenvalue weighted by Gasteiger charge is 2.33. The Hall–Kier alpha value is -3.55. The van der Waals surface area contributed by atoms with Crippen LogP contribution in [-0.4, -0.2) is 43.3 Å². The minimum absolute atomic E-state index is 0.0656. The SMILES string of the molecule is COCCCN1C(=O)/C(=C/c2ccc(OCc3ccccc3)c(OC)c2)SC1=Nc1ccccc1. The summed E-state index contributed by atoms with van der Waals surface area (Å²) in [5, 5.41) is 0.665. The first-order valence-electron chi connectivity index (χ1n) is 11.4. The molecular formula is C28H28N2O4S. The third-order valence-corrected chi connectivity index (χ3v) is 6.33. The molecule has 1 saturated heterocycles. The molecule has 6 nitrogen and oxygen atoms in total. The highest BCUT2D eigenvalue weighted by Crippen LogP contribution is 2.36. The molecule has 3 aromatic rings. The number of amides is 1. The quantitative estimate of drug-likeness (QED) is 0.262. The van der Waals surface area contributed by atoms with Crippen molar-refractivity contribution in [2.45, 2.75) is 13.0 Å². The summed E-state index contributed by atoms with van der Waals surface area (Å²) in [7, 11) is 3.27. The molecule has 0 bridgehead atoms. The molecule has 0 atom stereocenters. The summed E-state index contributed by atoms with van der Waals surface area (Å²) < 4.78 is 16.7. The Labute approximate surface area is 210 Å². The second-order valence-electron chi connectivity index (χ2n) is 7.83. The first-order valence-corrected chi connectivity index (χ1v) is 12.2. The van der Waals surface area contributed by atoms with Gasteiger partial charge in [0.15, 0.2) is 16.7 Å². The van der Waals surface area contributed by atoms with Crippen molar-refractivity contribution in [1.82, 2.24) is 4.90 Å². The van der Waals surface area contributed by atoms with Crippen molar-refractivity contribution in [3.05, 3.63) is 94.9 Å². The van der Waals surface area contributed by atoms with E-state index < -0.39 is 0 Å². The first kappa shape index (κ1) is 24.6. The van der Waals surface area contributed by atoms with Gasteiger partial charge in [0.25, 0.3) is 5.91 Å². The first-order chi connectivity index (χ1) is 17.2. The van der Waals surface area contributed by atoms with Gasteiger partial charge >= 0.3 is 0 Å². The molecule has 1 aliphatic heterocycles. The van der Waals surface area contributed by atoms with Crippen LogP contribution in [-0.2, 0) is 16.1 Å². The predicted octanol–water partition coefficient (Wildman–Crippen LogP) is 5.91. The maximum Gasteiger partial charge on any atom is 0.266 e. The Bertz CT molecular complexity index is 1200. The Balaban J connectivity index is 1.55. The van der Waals surface area contributed by atoms with Crippen LogP contribution in [0.1, 0.15) is 17.5 Å². The summed E-state index contributed by atoms with van der Waals surface area (Å²) in [5.41, 5.74) is 2.73. The van der Waals surface area contributed by atoms with Crippen LogP contribution in [0, 0.1) is 0 Å². The van der Waals surface area contributed by atoms with E-state index in [-0.39, 0.29) is 5.91 Å². The lowest BCUT2D eigenvalue weighted by atomic mass is 10.1. The van der Waals surface area contributed by atoms with Gasteiger partial charge < -0.3 is 14.2 Å². The fraction of sp³-hybridized carbons (Fsp3) is 0.214. The summed E-state index contributed by atoms with van der Waals surface area (Å²) in [5.74, 6) is 1.20. The van der Waals surface area contributed by atoms with E-state index >= 15 is 0 Å². The topological polar surface area (TPSA) is 60.4 Å². The number of methoxy groups -OCH3 is 2. The van der Waals surface area contributed by atoms with Crippen molar-refractivity contribution < 1.29 is 19.0 Å². The fourth-order valence-electron chi connectivity index (χ4n) is 3.55. The number of carbonyl (C=O) groups excluding carboxylic acids is 1. The molecule has 1 fully saturated rings. The molecule has 0 aromatic heterocycles. The third kappa shape index (κ3) is 6.53. The minimum Gasteiger partial charge on any atom is -0.493 e. The Morgan fingerprint density at radius 1 is 0.943 bits per heavy atom. The van der Waals surface area contributed by atoms with E-state index in [1.165, 1.54) is 11.8 Å². The number of hydrogen-bond acceptors (Lipinski definition) is 6. The molecule has 0 N–H and O–H groups in total. The van der Waals surface area contributed by atoms with E-state index in [1.54, 1.807) is 19.1 Å². The van der Waals surface area contributed by atoms with Crippen molar-refractivity contribution in [3.8, 4) is 11.5 Å². The third-order valence-electron chi connectivity index (χ3n) is 5.32. The van der Waals surface area contributed by atoms with E-state index in [0.717, 1.165) is 23.2 Å². The highest BCUT2D eigenvalue weighted by molar-refractivity contribution is 8.18. The summed E-state index contributed by atoms with van der Waals surface area (Å²) in [6.45, 7) is 1.56. The van der Waals surface area contributed by atoms with Crippen LogP contribution in [0.3, 0.4) is 0 Å². The molecule has 3 aromatic carbocycles. The molecule has 1 aliphatic rings. The number of hydrogen-bond donors (Lipinski definition) is 0. The van der Waals surface area contributed by atoms with Gasteiger partial charge in [0.05, 0.1) is 17.7 Å². The second kappa shape index (κ2) is 12.2. The van der Waals surface area contributed by atoms with E-state index in [0.29, 0.717) is 41.3 Å². The van der Waals surface area contributed by atoms with E-state index in [2.05, 4.69) is 0 Å². The van der Waals surface area contributed by atoms with Crippen molar-refractivity contribution >= 4 is 34.6 Å². The summed E-state index contributed by atoms with van der Waals surface area (Å²) in [6, 6.07) is 25.3. The van der Waals surface area contributed by atoms with Gasteiger partial charge in [0.1, 0.15) is 6.61 Å². The monoisotopic (exact) mass is 488 g/mol. The number of nitrogens with zero attached hydrogens (tertiary/aromatic N) is 2. The number of thioether (sulfide) groups is 1. The van der Waals surface area contributed by atoms with Crippen molar-refractivity contribution in [2.75, 3.05) is 27.4 Å². The maximum atomic E-state index is 13.2. The zero-order valence-corrected chi connectivity index (χ0v) is 20.7. The number of amidine groups is 1. The van der Waals surface area contributed by atoms with Crippen LogP contribution >= 0.6 is 11.8 Å². The fourth-order valence-corrected chi connectivity index (χ4v) is 4.57. The molecule has 1 amide bonds. The van der Waals surface area contributed by atoms with E-state index in [4.69, 9.17) is 19.2 Å². The smallest absolute Gasteiger partial charge is 0.266 e. The van der Waals surface area contributed by atoms with E-state index in [1.807, 2.05) is 84.9 Å². The van der Waals surface area contributed by atoms with Crippen LogP contribution in [0.25, 0.3) is 6.08 Å². The molecule has 7 heteroatoms. The average molecular weight is 489 g/mol. The Morgan fingerprint density at radius 2 is 1.69 bits per heavy atom. The molecule has 35 heavy (non-hydrogen) atoms. The highest BCUT2D eigenvalue weighted by atomic mass is 32.2. The van der Waals surface area contributed by atoms with Gasteiger partial charge in [-0.1, -0.05) is 54.6 Å². The van der Waals surface area contributed by atoms with E-state index in [9.17, 15) is 4.79 Å². The minimum atomic E-state index is -0.0656. The van der Waals surface area contributed by atoms with Crippen molar-refractivity contribution in [3.63, 3.8) is 0 Å². The van der Waals surface area contributed by atoms with Crippen LogP contribution < -0.4 is 9.47 Å². The summed E-state index contributed by atoms with van der Waals surface area (Å²) in [4.78, 5) is 20.3. The molecule has 0 unspecified atom stereocenters. The normalized spacial score (nSPS) is 15.7. The lowest BCUT2D eigenvalue weighted by Gasteiger charge is -2.15. The molecule has 0 saturated carbocycles.